The summed E-state index contributed by atoms with van der Waals surface area (Å²) in [4.78, 5) is 11.9. The minimum atomic E-state index is -0.213. The van der Waals surface area contributed by atoms with Crippen molar-refractivity contribution in [3.05, 3.63) is 21.0 Å². The molecule has 0 aliphatic carbocycles. The lowest BCUT2D eigenvalue weighted by atomic mass is 9.98. The number of rotatable bonds is 5. The van der Waals surface area contributed by atoms with Gasteiger partial charge >= 0.3 is 0 Å². The topological polar surface area (TPSA) is 46.9 Å². The second kappa shape index (κ2) is 6.60. The quantitative estimate of drug-likeness (QED) is 0.849. The van der Waals surface area contributed by atoms with E-state index in [-0.39, 0.29) is 12.1 Å². The normalized spacial score (nSPS) is 12.2. The van der Waals surface area contributed by atoms with Gasteiger partial charge < -0.3 is 5.32 Å². The fourth-order valence-corrected chi connectivity index (χ4v) is 1.74. The van der Waals surface area contributed by atoms with Gasteiger partial charge in [0.15, 0.2) is 0 Å². The average molecular weight is 312 g/mol. The lowest BCUT2D eigenvalue weighted by molar-refractivity contribution is 0.439. The van der Waals surface area contributed by atoms with Crippen molar-refractivity contribution >= 4 is 21.6 Å². The summed E-state index contributed by atoms with van der Waals surface area (Å²) in [6.07, 6.45) is 6.79. The predicted octanol–water partition coefficient (Wildman–Crippen LogP) is 2.34. The Morgan fingerprint density at radius 1 is 1.56 bits per heavy atom. The molecule has 0 saturated heterocycles. The Hall–Kier alpha value is -1.28. The van der Waals surface area contributed by atoms with Crippen LogP contribution in [0.4, 0.5) is 5.69 Å². The highest BCUT2D eigenvalue weighted by Gasteiger charge is 2.11. The summed E-state index contributed by atoms with van der Waals surface area (Å²) in [5.41, 5.74) is 0.496. The van der Waals surface area contributed by atoms with Crippen molar-refractivity contribution in [3.8, 4) is 12.3 Å². The molecule has 0 aliphatic rings. The molecule has 4 nitrogen and oxygen atoms in total. The van der Waals surface area contributed by atoms with Crippen molar-refractivity contribution in [1.82, 2.24) is 9.78 Å². The summed E-state index contributed by atoms with van der Waals surface area (Å²) >= 11 is 3.28. The van der Waals surface area contributed by atoms with E-state index in [1.54, 1.807) is 6.20 Å². The lowest BCUT2D eigenvalue weighted by Gasteiger charge is -2.17. The first kappa shape index (κ1) is 14.8. The molecule has 1 aromatic heterocycles. The minimum absolute atomic E-state index is 0.181. The van der Waals surface area contributed by atoms with Gasteiger partial charge in [-0.05, 0) is 27.8 Å². The molecule has 0 saturated carbocycles. The summed E-state index contributed by atoms with van der Waals surface area (Å²) in [6.45, 7) is 7.49. The number of terminal acetylenes is 1. The Morgan fingerprint density at radius 2 is 2.22 bits per heavy atom. The van der Waals surface area contributed by atoms with Gasteiger partial charge in [-0.15, -0.1) is 6.42 Å². The maximum absolute atomic E-state index is 11.9. The van der Waals surface area contributed by atoms with Gasteiger partial charge in [-0.25, -0.2) is 4.68 Å². The van der Waals surface area contributed by atoms with E-state index in [2.05, 4.69) is 53.0 Å². The molecule has 1 unspecified atom stereocenters. The van der Waals surface area contributed by atoms with Crippen LogP contribution >= 0.6 is 15.9 Å². The van der Waals surface area contributed by atoms with Gasteiger partial charge in [0, 0.05) is 6.54 Å². The molecule has 1 N–H and O–H groups in total. The van der Waals surface area contributed by atoms with Crippen LogP contribution in [0.5, 0.6) is 0 Å². The van der Waals surface area contributed by atoms with E-state index in [1.165, 1.54) is 4.68 Å². The van der Waals surface area contributed by atoms with E-state index in [4.69, 9.17) is 6.42 Å². The van der Waals surface area contributed by atoms with Gasteiger partial charge in [-0.1, -0.05) is 26.7 Å². The first-order chi connectivity index (χ1) is 8.47. The minimum Gasteiger partial charge on any atom is -0.382 e. The highest BCUT2D eigenvalue weighted by Crippen LogP contribution is 2.18. The van der Waals surface area contributed by atoms with Crippen LogP contribution in [0.25, 0.3) is 0 Å². The van der Waals surface area contributed by atoms with Gasteiger partial charge in [0.25, 0.3) is 5.56 Å². The molecule has 1 heterocycles. The SMILES string of the molecule is C#CCn1ncc(NCC(C)C(C)C)c(Br)c1=O. The van der Waals surface area contributed by atoms with Crippen LogP contribution in [-0.4, -0.2) is 16.3 Å². The molecule has 0 aromatic carbocycles. The third kappa shape index (κ3) is 3.61. The zero-order valence-electron chi connectivity index (χ0n) is 10.9. The first-order valence-electron chi connectivity index (χ1n) is 5.90. The molecule has 1 rings (SSSR count). The van der Waals surface area contributed by atoms with Gasteiger partial charge in [0.2, 0.25) is 0 Å². The second-order valence-corrected chi connectivity index (χ2v) is 5.43. The number of hydrogen-bond donors (Lipinski definition) is 1. The van der Waals surface area contributed by atoms with Crippen LogP contribution in [0, 0.1) is 24.2 Å². The fraction of sp³-hybridized carbons (Fsp3) is 0.538. The van der Waals surface area contributed by atoms with Crippen molar-refractivity contribution < 1.29 is 0 Å². The third-order valence-electron chi connectivity index (χ3n) is 2.98. The average Bonchev–Trinajstić information content (AvgIpc) is 2.33. The number of halogens is 1. The summed E-state index contributed by atoms with van der Waals surface area (Å²) in [6, 6.07) is 0. The van der Waals surface area contributed by atoms with Crippen LogP contribution in [0.1, 0.15) is 20.8 Å². The Morgan fingerprint density at radius 3 is 2.78 bits per heavy atom. The molecular formula is C13H18BrN3O. The summed E-state index contributed by atoms with van der Waals surface area (Å²) in [7, 11) is 0. The predicted molar refractivity (Wildman–Crippen MR) is 77.5 cm³/mol. The third-order valence-corrected chi connectivity index (χ3v) is 3.74. The second-order valence-electron chi connectivity index (χ2n) is 4.64. The molecule has 0 fully saturated rings. The lowest BCUT2D eigenvalue weighted by Crippen LogP contribution is -2.25. The van der Waals surface area contributed by atoms with Gasteiger partial charge in [-0.2, -0.15) is 5.10 Å². The smallest absolute Gasteiger partial charge is 0.284 e. The summed E-state index contributed by atoms with van der Waals surface area (Å²) in [5, 5.41) is 7.25. The monoisotopic (exact) mass is 311 g/mol. The van der Waals surface area contributed by atoms with Crippen molar-refractivity contribution in [2.75, 3.05) is 11.9 Å². The van der Waals surface area contributed by atoms with E-state index < -0.39 is 0 Å². The fourth-order valence-electron chi connectivity index (χ4n) is 1.29. The highest BCUT2D eigenvalue weighted by molar-refractivity contribution is 9.10. The van der Waals surface area contributed by atoms with Crippen LogP contribution in [-0.2, 0) is 6.54 Å². The molecule has 0 spiro atoms. The summed E-state index contributed by atoms with van der Waals surface area (Å²) in [5.74, 6) is 3.50. The van der Waals surface area contributed by atoms with Crippen LogP contribution in [0.15, 0.2) is 15.5 Å². The van der Waals surface area contributed by atoms with Crippen molar-refractivity contribution in [1.29, 1.82) is 0 Å². The molecular weight excluding hydrogens is 294 g/mol. The van der Waals surface area contributed by atoms with E-state index in [0.717, 1.165) is 6.54 Å². The molecule has 5 heteroatoms. The number of aromatic nitrogens is 2. The molecule has 0 amide bonds. The molecule has 0 radical (unpaired) electrons. The van der Waals surface area contributed by atoms with Crippen LogP contribution in [0.3, 0.4) is 0 Å². The van der Waals surface area contributed by atoms with E-state index in [9.17, 15) is 4.79 Å². The number of nitrogens with zero attached hydrogens (tertiary/aromatic N) is 2. The van der Waals surface area contributed by atoms with Gasteiger partial charge in [0.1, 0.15) is 11.0 Å². The zero-order chi connectivity index (χ0) is 13.7. The van der Waals surface area contributed by atoms with E-state index in [1.807, 2.05) is 0 Å². The van der Waals surface area contributed by atoms with Gasteiger partial charge in [-0.3, -0.25) is 4.79 Å². The van der Waals surface area contributed by atoms with Crippen LogP contribution in [0.2, 0.25) is 0 Å². The Labute approximate surface area is 116 Å². The Bertz CT molecular complexity index is 502. The molecule has 0 aliphatic heterocycles. The molecule has 1 atom stereocenters. The van der Waals surface area contributed by atoms with Crippen molar-refractivity contribution in [3.63, 3.8) is 0 Å². The largest absolute Gasteiger partial charge is 0.382 e. The molecule has 1 aromatic rings. The number of hydrogen-bond acceptors (Lipinski definition) is 3. The van der Waals surface area contributed by atoms with Crippen molar-refractivity contribution in [2.24, 2.45) is 11.8 Å². The zero-order valence-corrected chi connectivity index (χ0v) is 12.5. The van der Waals surface area contributed by atoms with E-state index in [0.29, 0.717) is 22.0 Å². The van der Waals surface area contributed by atoms with Crippen molar-refractivity contribution in [2.45, 2.75) is 27.3 Å². The van der Waals surface area contributed by atoms with Gasteiger partial charge in [0.05, 0.1) is 11.9 Å². The first-order valence-corrected chi connectivity index (χ1v) is 6.69. The Kier molecular flexibility index (Phi) is 5.42. The van der Waals surface area contributed by atoms with E-state index >= 15 is 0 Å². The molecule has 0 bridgehead atoms. The summed E-state index contributed by atoms with van der Waals surface area (Å²) < 4.78 is 1.73. The maximum atomic E-state index is 11.9. The standard InChI is InChI=1S/C13H18BrN3O/c1-5-6-17-13(18)12(14)11(8-16-17)15-7-10(4)9(2)3/h1,8-10,15H,6-7H2,2-4H3. The Balaban J connectivity index is 2.83. The molecule has 18 heavy (non-hydrogen) atoms. The number of nitrogens with one attached hydrogen (secondary N) is 1. The molecule has 98 valence electrons. The highest BCUT2D eigenvalue weighted by atomic mass is 79.9. The number of anilines is 1. The van der Waals surface area contributed by atoms with Crippen LogP contribution < -0.4 is 10.9 Å². The maximum Gasteiger partial charge on any atom is 0.284 e.